The number of benzene rings is 1. The molecule has 178 valence electrons. The number of nitrogens with zero attached hydrogens (tertiary/aromatic N) is 3. The fourth-order valence-electron chi connectivity index (χ4n) is 4.22. The van der Waals surface area contributed by atoms with E-state index in [1.54, 1.807) is 4.57 Å². The van der Waals surface area contributed by atoms with Gasteiger partial charge >= 0.3 is 5.69 Å². The maximum Gasteiger partial charge on any atom is 0.330 e. The van der Waals surface area contributed by atoms with Crippen molar-refractivity contribution in [1.29, 1.82) is 0 Å². The van der Waals surface area contributed by atoms with E-state index in [1.807, 2.05) is 37.3 Å². The molecule has 2 atom stereocenters. The zero-order valence-corrected chi connectivity index (χ0v) is 20.2. The molecule has 0 spiro atoms. The van der Waals surface area contributed by atoms with Crippen molar-refractivity contribution >= 4 is 28.7 Å². The molecule has 2 fully saturated rings. The molecule has 2 unspecified atom stereocenters. The highest BCUT2D eigenvalue weighted by Crippen LogP contribution is 2.41. The summed E-state index contributed by atoms with van der Waals surface area (Å²) in [6.45, 7) is 3.92. The van der Waals surface area contributed by atoms with Crippen LogP contribution in [0.15, 0.2) is 44.9 Å². The fourth-order valence-corrected chi connectivity index (χ4v) is 5.18. The van der Waals surface area contributed by atoms with Gasteiger partial charge < -0.3 is 5.32 Å². The Morgan fingerprint density at radius 2 is 1.91 bits per heavy atom. The zero-order valence-electron chi connectivity index (χ0n) is 19.4. The van der Waals surface area contributed by atoms with Gasteiger partial charge in [0, 0.05) is 12.0 Å². The Kier molecular flexibility index (Phi) is 6.29. The first-order valence-electron chi connectivity index (χ1n) is 12.0. The van der Waals surface area contributed by atoms with E-state index in [0.29, 0.717) is 21.9 Å². The normalized spacial score (nSPS) is 17.5. The molecule has 0 aliphatic heterocycles. The minimum Gasteiger partial charge on any atom is -0.348 e. The summed E-state index contributed by atoms with van der Waals surface area (Å²) in [7, 11) is 0. The molecule has 5 rings (SSSR count). The van der Waals surface area contributed by atoms with Crippen LogP contribution in [0.5, 0.6) is 0 Å². The lowest BCUT2D eigenvalue weighted by Gasteiger charge is -2.21. The second-order valence-corrected chi connectivity index (χ2v) is 10.6. The Labute approximate surface area is 201 Å². The van der Waals surface area contributed by atoms with E-state index in [1.165, 1.54) is 11.8 Å². The summed E-state index contributed by atoms with van der Waals surface area (Å²) in [4.78, 5) is 50.4. The minimum atomic E-state index is -0.498. The van der Waals surface area contributed by atoms with Gasteiger partial charge in [0.15, 0.2) is 5.65 Å². The van der Waals surface area contributed by atoms with Crippen molar-refractivity contribution in [3.8, 4) is 0 Å². The smallest absolute Gasteiger partial charge is 0.330 e. The Hall–Kier alpha value is -2.94. The second kappa shape index (κ2) is 9.37. The van der Waals surface area contributed by atoms with Crippen molar-refractivity contribution < 1.29 is 4.79 Å². The Morgan fingerprint density at radius 3 is 2.56 bits per heavy atom. The van der Waals surface area contributed by atoms with Gasteiger partial charge in [0.1, 0.15) is 16.2 Å². The van der Waals surface area contributed by atoms with E-state index >= 15 is 0 Å². The first-order valence-corrected chi connectivity index (χ1v) is 12.9. The SMILES string of the molecule is CCCC(NC(=O)C(C)Sc1nc(C2CC2)nc2c1c(=O)[nH]c(=O)n2C1CC1)c1ccccc1. The number of carbonyl (C=O) groups is 1. The quantitative estimate of drug-likeness (QED) is 0.357. The number of hydrogen-bond acceptors (Lipinski definition) is 6. The standard InChI is InChI=1S/C25H29N5O3S/c1-3-7-18(15-8-5-4-6-9-15)26-22(31)14(2)34-24-19-21(27-20(28-24)16-10-11-16)30(17-12-13-17)25(33)29-23(19)32/h4-6,8-9,14,16-18H,3,7,10-13H2,1-2H3,(H,26,31)(H,29,32,33). The number of amides is 1. The Morgan fingerprint density at radius 1 is 1.18 bits per heavy atom. The number of hydrogen-bond donors (Lipinski definition) is 2. The molecule has 0 radical (unpaired) electrons. The summed E-state index contributed by atoms with van der Waals surface area (Å²) in [5, 5.41) is 3.46. The predicted octanol–water partition coefficient (Wildman–Crippen LogP) is 3.83. The summed E-state index contributed by atoms with van der Waals surface area (Å²) in [6, 6.07) is 9.94. The van der Waals surface area contributed by atoms with Crippen molar-refractivity contribution in [2.45, 2.75) is 80.6 Å². The van der Waals surface area contributed by atoms with Crippen molar-refractivity contribution in [2.24, 2.45) is 0 Å². The highest BCUT2D eigenvalue weighted by Gasteiger charge is 2.33. The summed E-state index contributed by atoms with van der Waals surface area (Å²) < 4.78 is 1.60. The lowest BCUT2D eigenvalue weighted by molar-refractivity contribution is -0.121. The maximum absolute atomic E-state index is 13.2. The topological polar surface area (TPSA) is 110 Å². The number of H-pyrrole nitrogens is 1. The molecule has 8 nitrogen and oxygen atoms in total. The molecule has 0 bridgehead atoms. The lowest BCUT2D eigenvalue weighted by atomic mass is 10.0. The third kappa shape index (κ3) is 4.66. The van der Waals surface area contributed by atoms with Crippen LogP contribution >= 0.6 is 11.8 Å². The van der Waals surface area contributed by atoms with E-state index in [4.69, 9.17) is 4.98 Å². The van der Waals surface area contributed by atoms with E-state index in [-0.39, 0.29) is 23.9 Å². The van der Waals surface area contributed by atoms with E-state index < -0.39 is 16.5 Å². The van der Waals surface area contributed by atoms with Gasteiger partial charge in [-0.05, 0) is 44.6 Å². The van der Waals surface area contributed by atoms with Crippen LogP contribution in [0.3, 0.4) is 0 Å². The van der Waals surface area contributed by atoms with Crippen LogP contribution in [0.1, 0.15) is 81.8 Å². The number of thioether (sulfide) groups is 1. The number of carbonyl (C=O) groups excluding carboxylic acids is 1. The third-order valence-electron chi connectivity index (χ3n) is 6.38. The molecule has 2 heterocycles. The van der Waals surface area contributed by atoms with E-state index in [0.717, 1.165) is 44.1 Å². The van der Waals surface area contributed by atoms with Gasteiger partial charge in [-0.2, -0.15) is 0 Å². The summed E-state index contributed by atoms with van der Waals surface area (Å²) in [5.74, 6) is 0.802. The van der Waals surface area contributed by atoms with Crippen molar-refractivity contribution in [2.75, 3.05) is 0 Å². The van der Waals surface area contributed by atoms with Gasteiger partial charge in [-0.15, -0.1) is 0 Å². The van der Waals surface area contributed by atoms with Crippen molar-refractivity contribution in [3.63, 3.8) is 0 Å². The predicted molar refractivity (Wildman–Crippen MR) is 132 cm³/mol. The highest BCUT2D eigenvalue weighted by atomic mass is 32.2. The minimum absolute atomic E-state index is 0.0630. The van der Waals surface area contributed by atoms with Gasteiger partial charge in [0.05, 0.1) is 11.3 Å². The van der Waals surface area contributed by atoms with E-state index in [2.05, 4.69) is 22.2 Å². The molecule has 3 aromatic rings. The summed E-state index contributed by atoms with van der Waals surface area (Å²) >= 11 is 1.26. The number of nitrogens with one attached hydrogen (secondary N) is 2. The van der Waals surface area contributed by atoms with Crippen molar-refractivity contribution in [3.05, 3.63) is 62.6 Å². The number of rotatable bonds is 9. The highest BCUT2D eigenvalue weighted by molar-refractivity contribution is 8.00. The maximum atomic E-state index is 13.2. The van der Waals surface area contributed by atoms with Gasteiger partial charge in [-0.1, -0.05) is 55.4 Å². The Balaban J connectivity index is 1.47. The van der Waals surface area contributed by atoms with Gasteiger partial charge in [0.2, 0.25) is 5.91 Å². The largest absolute Gasteiger partial charge is 0.348 e. The summed E-state index contributed by atoms with van der Waals surface area (Å²) in [6.07, 6.45) is 5.56. The van der Waals surface area contributed by atoms with Gasteiger partial charge in [0.25, 0.3) is 5.56 Å². The van der Waals surface area contributed by atoms with Gasteiger partial charge in [-0.25, -0.2) is 14.8 Å². The average Bonchev–Trinajstić information content (AvgIpc) is 3.72. The first kappa shape index (κ1) is 22.8. The van der Waals surface area contributed by atoms with Crippen LogP contribution in [0, 0.1) is 0 Å². The molecule has 34 heavy (non-hydrogen) atoms. The third-order valence-corrected chi connectivity index (χ3v) is 7.46. The lowest BCUT2D eigenvalue weighted by Crippen LogP contribution is -2.35. The molecular weight excluding hydrogens is 450 g/mol. The fraction of sp³-hybridized carbons (Fsp3) is 0.480. The molecule has 2 aliphatic rings. The van der Waals surface area contributed by atoms with Crippen LogP contribution in [0.4, 0.5) is 0 Å². The van der Waals surface area contributed by atoms with E-state index in [9.17, 15) is 14.4 Å². The van der Waals surface area contributed by atoms with Crippen LogP contribution in [-0.2, 0) is 4.79 Å². The van der Waals surface area contributed by atoms with Crippen LogP contribution in [0.25, 0.3) is 11.0 Å². The molecule has 0 saturated heterocycles. The number of aromatic amines is 1. The number of aromatic nitrogens is 4. The molecule has 2 saturated carbocycles. The molecule has 2 aliphatic carbocycles. The van der Waals surface area contributed by atoms with Crippen LogP contribution in [-0.4, -0.2) is 30.7 Å². The molecular formula is C25H29N5O3S. The second-order valence-electron chi connectivity index (χ2n) is 9.24. The monoisotopic (exact) mass is 479 g/mol. The first-order chi connectivity index (χ1) is 16.5. The molecule has 2 aromatic heterocycles. The molecule has 9 heteroatoms. The summed E-state index contributed by atoms with van der Waals surface area (Å²) in [5.41, 5.74) is 0.551. The van der Waals surface area contributed by atoms with Crippen molar-refractivity contribution in [1.82, 2.24) is 24.8 Å². The molecule has 1 amide bonds. The zero-order chi connectivity index (χ0) is 23.8. The van der Waals surface area contributed by atoms with Gasteiger partial charge in [-0.3, -0.25) is 19.1 Å². The molecule has 2 N–H and O–H groups in total. The van der Waals surface area contributed by atoms with Crippen LogP contribution in [0.2, 0.25) is 0 Å². The number of fused-ring (bicyclic) bond motifs is 1. The Bertz CT molecular complexity index is 1330. The van der Waals surface area contributed by atoms with Crippen LogP contribution < -0.4 is 16.6 Å². The molecule has 1 aromatic carbocycles. The average molecular weight is 480 g/mol.